The molecule has 1 aliphatic heterocycles. The third kappa shape index (κ3) is 9.21. The van der Waals surface area contributed by atoms with Gasteiger partial charge in [-0.3, -0.25) is 4.79 Å². The molecule has 168 valence electrons. The number of benzene rings is 1. The number of nitrogens with zero attached hydrogens (tertiary/aromatic N) is 1. The summed E-state index contributed by atoms with van der Waals surface area (Å²) < 4.78 is 26.7. The molecule has 0 aliphatic carbocycles. The van der Waals surface area contributed by atoms with Crippen molar-refractivity contribution >= 4 is 11.9 Å². The van der Waals surface area contributed by atoms with Crippen molar-refractivity contribution in [1.82, 2.24) is 4.90 Å². The second-order valence-corrected chi connectivity index (χ2v) is 7.86. The van der Waals surface area contributed by atoms with E-state index in [2.05, 4.69) is 0 Å². The average molecular weight is 424 g/mol. The maximum absolute atomic E-state index is 12.2. The van der Waals surface area contributed by atoms with Crippen LogP contribution in [0.5, 0.6) is 0 Å². The molecular formula is C22H33NO7. The fourth-order valence-corrected chi connectivity index (χ4v) is 2.86. The molecular weight excluding hydrogens is 390 g/mol. The Labute approximate surface area is 178 Å². The predicted molar refractivity (Wildman–Crippen MR) is 110 cm³/mol. The lowest BCUT2D eigenvalue weighted by atomic mass is 10.1. The number of esters is 1. The van der Waals surface area contributed by atoms with Gasteiger partial charge >= 0.3 is 5.97 Å². The van der Waals surface area contributed by atoms with Crippen molar-refractivity contribution in [3.05, 3.63) is 35.4 Å². The van der Waals surface area contributed by atoms with Gasteiger partial charge in [-0.2, -0.15) is 0 Å². The minimum atomic E-state index is -0.505. The van der Waals surface area contributed by atoms with Gasteiger partial charge in [0.25, 0.3) is 5.91 Å². The van der Waals surface area contributed by atoms with Gasteiger partial charge in [-0.05, 0) is 32.4 Å². The van der Waals surface area contributed by atoms with Crippen LogP contribution in [0.25, 0.3) is 0 Å². The summed E-state index contributed by atoms with van der Waals surface area (Å²) in [4.78, 5) is 25.5. The maximum atomic E-state index is 12.2. The van der Waals surface area contributed by atoms with E-state index in [0.29, 0.717) is 59.3 Å². The number of hydrogen-bond donors (Lipinski definition) is 0. The third-order valence-corrected chi connectivity index (χ3v) is 4.16. The highest BCUT2D eigenvalue weighted by molar-refractivity contribution is 5.98. The van der Waals surface area contributed by atoms with Gasteiger partial charge in [0.15, 0.2) is 0 Å². The van der Waals surface area contributed by atoms with E-state index < -0.39 is 5.60 Å². The SMILES string of the molecule is CC(C)(C)OC(=O)COCCOCCOCCOCCN1Cc2ccccc2C1=O. The van der Waals surface area contributed by atoms with Gasteiger partial charge in [0.2, 0.25) is 0 Å². The van der Waals surface area contributed by atoms with Crippen LogP contribution in [0.3, 0.4) is 0 Å². The number of amides is 1. The summed E-state index contributed by atoms with van der Waals surface area (Å²) in [6, 6.07) is 7.68. The van der Waals surface area contributed by atoms with Gasteiger partial charge in [-0.15, -0.1) is 0 Å². The van der Waals surface area contributed by atoms with Crippen molar-refractivity contribution in [2.45, 2.75) is 32.9 Å². The molecule has 0 unspecified atom stereocenters. The van der Waals surface area contributed by atoms with Crippen molar-refractivity contribution in [3.8, 4) is 0 Å². The van der Waals surface area contributed by atoms with Crippen LogP contribution in [0, 0.1) is 0 Å². The molecule has 8 heteroatoms. The van der Waals surface area contributed by atoms with Crippen LogP contribution in [0.1, 0.15) is 36.7 Å². The van der Waals surface area contributed by atoms with Crippen LogP contribution in [0.4, 0.5) is 0 Å². The molecule has 1 amide bonds. The molecule has 0 bridgehead atoms. The Balaban J connectivity index is 1.35. The summed E-state index contributed by atoms with van der Waals surface area (Å²) >= 11 is 0. The lowest BCUT2D eigenvalue weighted by Gasteiger charge is -2.19. The summed E-state index contributed by atoms with van der Waals surface area (Å²) in [5.74, 6) is -0.317. The molecule has 8 nitrogen and oxygen atoms in total. The van der Waals surface area contributed by atoms with Crippen molar-refractivity contribution in [2.24, 2.45) is 0 Å². The fourth-order valence-electron chi connectivity index (χ4n) is 2.86. The van der Waals surface area contributed by atoms with E-state index in [0.717, 1.165) is 11.1 Å². The van der Waals surface area contributed by atoms with Gasteiger partial charge in [0.1, 0.15) is 12.2 Å². The Bertz CT molecular complexity index is 672. The molecule has 1 aromatic rings. The summed E-state index contributed by atoms with van der Waals surface area (Å²) in [6.45, 7) is 9.58. The first-order chi connectivity index (χ1) is 14.4. The number of rotatable bonds is 14. The highest BCUT2D eigenvalue weighted by atomic mass is 16.6. The highest BCUT2D eigenvalue weighted by Crippen LogP contribution is 2.21. The van der Waals surface area contributed by atoms with Gasteiger partial charge in [0, 0.05) is 18.7 Å². The number of carbonyl (C=O) groups excluding carboxylic acids is 2. The molecule has 1 aromatic carbocycles. The van der Waals surface area contributed by atoms with Crippen LogP contribution in [-0.2, 0) is 35.0 Å². The zero-order chi connectivity index (χ0) is 21.8. The van der Waals surface area contributed by atoms with Gasteiger partial charge in [-0.1, -0.05) is 18.2 Å². The zero-order valence-corrected chi connectivity index (χ0v) is 18.2. The lowest BCUT2D eigenvalue weighted by Crippen LogP contribution is -2.28. The number of carbonyl (C=O) groups is 2. The van der Waals surface area contributed by atoms with Gasteiger partial charge in [-0.25, -0.2) is 4.79 Å². The van der Waals surface area contributed by atoms with E-state index in [-0.39, 0.29) is 18.5 Å². The number of ether oxygens (including phenoxy) is 5. The summed E-state index contributed by atoms with van der Waals surface area (Å²) in [5.41, 5.74) is 1.35. The van der Waals surface area contributed by atoms with Crippen molar-refractivity contribution in [2.75, 3.05) is 59.4 Å². The van der Waals surface area contributed by atoms with E-state index in [9.17, 15) is 9.59 Å². The molecule has 0 N–H and O–H groups in total. The van der Waals surface area contributed by atoms with E-state index in [1.807, 2.05) is 45.0 Å². The summed E-state index contributed by atoms with van der Waals surface area (Å²) in [7, 11) is 0. The molecule has 1 heterocycles. The molecule has 1 aliphatic rings. The van der Waals surface area contributed by atoms with Crippen LogP contribution in [0.15, 0.2) is 24.3 Å². The minimum absolute atomic E-state index is 0.0673. The third-order valence-electron chi connectivity index (χ3n) is 4.16. The first-order valence-electron chi connectivity index (χ1n) is 10.3. The van der Waals surface area contributed by atoms with Crippen LogP contribution >= 0.6 is 0 Å². The quantitative estimate of drug-likeness (QED) is 0.334. The second kappa shape index (κ2) is 12.6. The lowest BCUT2D eigenvalue weighted by molar-refractivity contribution is -0.160. The van der Waals surface area contributed by atoms with E-state index >= 15 is 0 Å². The van der Waals surface area contributed by atoms with Crippen LogP contribution in [0.2, 0.25) is 0 Å². The monoisotopic (exact) mass is 423 g/mol. The molecule has 0 fully saturated rings. The topological polar surface area (TPSA) is 83.5 Å². The molecule has 2 rings (SSSR count). The molecule has 30 heavy (non-hydrogen) atoms. The first kappa shape index (κ1) is 24.3. The van der Waals surface area contributed by atoms with Crippen LogP contribution in [-0.4, -0.2) is 81.8 Å². The first-order valence-corrected chi connectivity index (χ1v) is 10.3. The normalized spacial score (nSPS) is 13.6. The predicted octanol–water partition coefficient (Wildman–Crippen LogP) is 2.05. The molecule has 0 saturated heterocycles. The van der Waals surface area contributed by atoms with Crippen molar-refractivity contribution in [3.63, 3.8) is 0 Å². The zero-order valence-electron chi connectivity index (χ0n) is 18.2. The van der Waals surface area contributed by atoms with E-state index in [1.165, 1.54) is 0 Å². The fraction of sp³-hybridized carbons (Fsp3) is 0.636. The Morgan fingerprint density at radius 2 is 1.47 bits per heavy atom. The van der Waals surface area contributed by atoms with E-state index in [4.69, 9.17) is 23.7 Å². The minimum Gasteiger partial charge on any atom is -0.458 e. The molecule has 0 radical (unpaired) electrons. The largest absolute Gasteiger partial charge is 0.458 e. The Hall–Kier alpha value is -2.00. The average Bonchev–Trinajstić information content (AvgIpc) is 3.00. The Morgan fingerprint density at radius 3 is 2.07 bits per heavy atom. The second-order valence-electron chi connectivity index (χ2n) is 7.86. The van der Waals surface area contributed by atoms with Gasteiger partial charge in [0.05, 0.1) is 46.2 Å². The highest BCUT2D eigenvalue weighted by Gasteiger charge is 2.26. The molecule has 0 saturated carbocycles. The number of fused-ring (bicyclic) bond motifs is 1. The summed E-state index contributed by atoms with van der Waals surface area (Å²) in [6.07, 6.45) is 0. The Morgan fingerprint density at radius 1 is 0.900 bits per heavy atom. The van der Waals surface area contributed by atoms with Crippen molar-refractivity contribution in [1.29, 1.82) is 0 Å². The summed E-state index contributed by atoms with van der Waals surface area (Å²) in [5, 5.41) is 0. The molecule has 0 spiro atoms. The molecule has 0 aromatic heterocycles. The maximum Gasteiger partial charge on any atom is 0.332 e. The van der Waals surface area contributed by atoms with E-state index in [1.54, 1.807) is 4.90 Å². The van der Waals surface area contributed by atoms with Gasteiger partial charge < -0.3 is 28.6 Å². The standard InChI is InChI=1S/C22H33NO7/c1-22(2,3)30-20(24)17-29-15-14-28-13-12-27-11-10-26-9-8-23-16-18-6-4-5-7-19(18)21(23)25/h4-7H,8-17H2,1-3H3. The Kier molecular flexibility index (Phi) is 10.2. The van der Waals surface area contributed by atoms with Crippen molar-refractivity contribution < 1.29 is 33.3 Å². The molecule has 0 atom stereocenters. The number of hydrogen-bond acceptors (Lipinski definition) is 7. The van der Waals surface area contributed by atoms with Crippen LogP contribution < -0.4 is 0 Å². The smallest absolute Gasteiger partial charge is 0.332 e.